The van der Waals surface area contributed by atoms with Crippen LogP contribution in [0.2, 0.25) is 0 Å². The molecule has 0 aliphatic carbocycles. The molecule has 0 spiro atoms. The Labute approximate surface area is 90.5 Å². The smallest absolute Gasteiger partial charge is 0.310 e. The van der Waals surface area contributed by atoms with Gasteiger partial charge in [0.05, 0.1) is 19.1 Å². The molecule has 4 heteroatoms. The second-order valence-corrected chi connectivity index (χ2v) is 3.83. The van der Waals surface area contributed by atoms with Gasteiger partial charge in [0.15, 0.2) is 0 Å². The molecule has 2 atom stereocenters. The number of hydrogen-bond acceptors (Lipinski definition) is 3. The van der Waals surface area contributed by atoms with Gasteiger partial charge >= 0.3 is 5.97 Å². The minimum atomic E-state index is -0.761. The van der Waals surface area contributed by atoms with Crippen LogP contribution in [0.1, 0.15) is 13.3 Å². The Bertz CT molecular complexity index is 230. The molecule has 2 unspecified atom stereocenters. The molecule has 0 bridgehead atoms. The monoisotopic (exact) mass is 213 g/mol. The molecule has 1 rings (SSSR count). The summed E-state index contributed by atoms with van der Waals surface area (Å²) in [6.07, 6.45) is 2.82. The summed E-state index contributed by atoms with van der Waals surface area (Å²) in [6.45, 7) is 8.25. The van der Waals surface area contributed by atoms with E-state index in [1.54, 1.807) is 0 Å². The quantitative estimate of drug-likeness (QED) is 0.668. The Kier molecular flexibility index (Phi) is 4.78. The molecular formula is C11H19NO3. The zero-order chi connectivity index (χ0) is 11.3. The van der Waals surface area contributed by atoms with E-state index in [1.165, 1.54) is 0 Å². The number of carboxylic acids is 1. The maximum atomic E-state index is 11.0. The zero-order valence-corrected chi connectivity index (χ0v) is 9.19. The SMILES string of the molecule is C=CCN(CCC)C1COCC1C(=O)O. The molecule has 1 aliphatic heterocycles. The summed E-state index contributed by atoms with van der Waals surface area (Å²) in [7, 11) is 0. The van der Waals surface area contributed by atoms with Gasteiger partial charge in [-0.05, 0) is 13.0 Å². The Morgan fingerprint density at radius 2 is 2.40 bits per heavy atom. The van der Waals surface area contributed by atoms with Crippen molar-refractivity contribution in [2.45, 2.75) is 19.4 Å². The van der Waals surface area contributed by atoms with Gasteiger partial charge in [0, 0.05) is 12.6 Å². The van der Waals surface area contributed by atoms with Crippen LogP contribution in [0.25, 0.3) is 0 Å². The van der Waals surface area contributed by atoms with Crippen molar-refractivity contribution >= 4 is 5.97 Å². The third-order valence-electron chi connectivity index (χ3n) is 2.71. The molecular weight excluding hydrogens is 194 g/mol. The van der Waals surface area contributed by atoms with Gasteiger partial charge < -0.3 is 9.84 Å². The van der Waals surface area contributed by atoms with Crippen LogP contribution in [0, 0.1) is 5.92 Å². The van der Waals surface area contributed by atoms with E-state index in [-0.39, 0.29) is 6.04 Å². The van der Waals surface area contributed by atoms with Crippen molar-refractivity contribution in [1.82, 2.24) is 4.90 Å². The molecule has 1 N–H and O–H groups in total. The summed E-state index contributed by atoms with van der Waals surface area (Å²) in [5.74, 6) is -1.15. The van der Waals surface area contributed by atoms with Crippen LogP contribution in [0.5, 0.6) is 0 Å². The van der Waals surface area contributed by atoms with Crippen LogP contribution >= 0.6 is 0 Å². The molecule has 4 nitrogen and oxygen atoms in total. The van der Waals surface area contributed by atoms with Crippen molar-refractivity contribution in [2.24, 2.45) is 5.92 Å². The fourth-order valence-electron chi connectivity index (χ4n) is 1.98. The van der Waals surface area contributed by atoms with E-state index in [2.05, 4.69) is 18.4 Å². The van der Waals surface area contributed by atoms with Gasteiger partial charge in [-0.2, -0.15) is 0 Å². The van der Waals surface area contributed by atoms with Gasteiger partial charge in [-0.1, -0.05) is 13.0 Å². The predicted octanol–water partition coefficient (Wildman–Crippen LogP) is 0.984. The fraction of sp³-hybridized carbons (Fsp3) is 0.727. The lowest BCUT2D eigenvalue weighted by molar-refractivity contribution is -0.143. The lowest BCUT2D eigenvalue weighted by Gasteiger charge is -2.28. The van der Waals surface area contributed by atoms with Gasteiger partial charge in [-0.15, -0.1) is 6.58 Å². The third kappa shape index (κ3) is 3.04. The van der Waals surface area contributed by atoms with Crippen LogP contribution in [0.15, 0.2) is 12.7 Å². The molecule has 0 radical (unpaired) electrons. The van der Waals surface area contributed by atoms with Crippen LogP contribution in [0.3, 0.4) is 0 Å². The van der Waals surface area contributed by atoms with E-state index >= 15 is 0 Å². The van der Waals surface area contributed by atoms with E-state index in [0.29, 0.717) is 13.2 Å². The van der Waals surface area contributed by atoms with Crippen LogP contribution < -0.4 is 0 Å². The van der Waals surface area contributed by atoms with Gasteiger partial charge in [-0.25, -0.2) is 0 Å². The van der Waals surface area contributed by atoms with Gasteiger partial charge in [0.1, 0.15) is 0 Å². The number of aliphatic carboxylic acids is 1. The standard InChI is InChI=1S/C11H19NO3/c1-3-5-12(6-4-2)10-8-15-7-9(10)11(13)14/h3,9-10H,1,4-8H2,2H3,(H,13,14). The Hall–Kier alpha value is -0.870. The first-order chi connectivity index (χ1) is 7.20. The number of carboxylic acid groups (broad SMARTS) is 1. The second-order valence-electron chi connectivity index (χ2n) is 3.83. The molecule has 0 saturated carbocycles. The predicted molar refractivity (Wildman–Crippen MR) is 57.8 cm³/mol. The summed E-state index contributed by atoms with van der Waals surface area (Å²) < 4.78 is 5.25. The second kappa shape index (κ2) is 5.88. The number of rotatable bonds is 6. The summed E-state index contributed by atoms with van der Waals surface area (Å²) in [5, 5.41) is 9.04. The first-order valence-electron chi connectivity index (χ1n) is 5.36. The Morgan fingerprint density at radius 3 is 2.93 bits per heavy atom. The van der Waals surface area contributed by atoms with Crippen molar-refractivity contribution in [2.75, 3.05) is 26.3 Å². The number of nitrogens with zero attached hydrogens (tertiary/aromatic N) is 1. The van der Waals surface area contributed by atoms with Gasteiger partial charge in [0.2, 0.25) is 0 Å². The Balaban J connectivity index is 2.63. The summed E-state index contributed by atoms with van der Waals surface area (Å²) in [5.41, 5.74) is 0. The van der Waals surface area contributed by atoms with E-state index in [4.69, 9.17) is 9.84 Å². The highest BCUT2D eigenvalue weighted by Gasteiger charge is 2.37. The summed E-state index contributed by atoms with van der Waals surface area (Å²) >= 11 is 0. The molecule has 1 fully saturated rings. The van der Waals surface area contributed by atoms with Crippen LogP contribution in [-0.2, 0) is 9.53 Å². The van der Waals surface area contributed by atoms with Crippen molar-refractivity contribution in [3.8, 4) is 0 Å². The minimum absolute atomic E-state index is 0.000417. The lowest BCUT2D eigenvalue weighted by atomic mass is 10.0. The van der Waals surface area contributed by atoms with E-state index < -0.39 is 11.9 Å². The molecule has 1 saturated heterocycles. The van der Waals surface area contributed by atoms with E-state index in [9.17, 15) is 4.79 Å². The average Bonchev–Trinajstić information content (AvgIpc) is 2.65. The summed E-state index contributed by atoms with van der Waals surface area (Å²) in [4.78, 5) is 13.1. The maximum absolute atomic E-state index is 11.0. The number of hydrogen-bond donors (Lipinski definition) is 1. The third-order valence-corrected chi connectivity index (χ3v) is 2.71. The average molecular weight is 213 g/mol. The summed E-state index contributed by atoms with van der Waals surface area (Å²) in [6, 6.07) is 0.000417. The molecule has 1 heterocycles. The van der Waals surface area contributed by atoms with Crippen molar-refractivity contribution in [3.05, 3.63) is 12.7 Å². The molecule has 0 amide bonds. The Morgan fingerprint density at radius 1 is 1.67 bits per heavy atom. The van der Waals surface area contributed by atoms with Crippen LogP contribution in [0.4, 0.5) is 0 Å². The molecule has 86 valence electrons. The molecule has 15 heavy (non-hydrogen) atoms. The molecule has 0 aromatic rings. The molecule has 0 aromatic carbocycles. The lowest BCUT2D eigenvalue weighted by Crippen LogP contribution is -2.43. The van der Waals surface area contributed by atoms with Crippen molar-refractivity contribution < 1.29 is 14.6 Å². The van der Waals surface area contributed by atoms with Crippen molar-refractivity contribution in [1.29, 1.82) is 0 Å². The highest BCUT2D eigenvalue weighted by Crippen LogP contribution is 2.20. The van der Waals surface area contributed by atoms with Crippen LogP contribution in [-0.4, -0.2) is 48.3 Å². The molecule has 1 aliphatic rings. The van der Waals surface area contributed by atoms with E-state index in [1.807, 2.05) is 6.08 Å². The van der Waals surface area contributed by atoms with Gasteiger partial charge in [0.25, 0.3) is 0 Å². The largest absolute Gasteiger partial charge is 0.481 e. The zero-order valence-electron chi connectivity index (χ0n) is 9.19. The number of carbonyl (C=O) groups is 1. The minimum Gasteiger partial charge on any atom is -0.481 e. The highest BCUT2D eigenvalue weighted by molar-refractivity contribution is 5.71. The number of ether oxygens (including phenoxy) is 1. The van der Waals surface area contributed by atoms with Crippen molar-refractivity contribution in [3.63, 3.8) is 0 Å². The van der Waals surface area contributed by atoms with Gasteiger partial charge in [-0.3, -0.25) is 9.69 Å². The van der Waals surface area contributed by atoms with E-state index in [0.717, 1.165) is 19.5 Å². The first kappa shape index (κ1) is 12.2. The highest BCUT2D eigenvalue weighted by atomic mass is 16.5. The first-order valence-corrected chi connectivity index (χ1v) is 5.36. The fourth-order valence-corrected chi connectivity index (χ4v) is 1.98. The maximum Gasteiger partial charge on any atom is 0.310 e. The topological polar surface area (TPSA) is 49.8 Å². The normalized spacial score (nSPS) is 25.7. The molecule has 0 aromatic heterocycles.